The second-order valence-electron chi connectivity index (χ2n) is 7.39. The van der Waals surface area contributed by atoms with Gasteiger partial charge < -0.3 is 9.57 Å². The summed E-state index contributed by atoms with van der Waals surface area (Å²) >= 11 is 13.6. The van der Waals surface area contributed by atoms with E-state index in [9.17, 15) is 4.79 Å². The second kappa shape index (κ2) is 11.4. The first-order valence-electron chi connectivity index (χ1n) is 10.5. The molecule has 0 spiro atoms. The van der Waals surface area contributed by atoms with Crippen molar-refractivity contribution in [2.45, 2.75) is 16.5 Å². The van der Waals surface area contributed by atoms with Crippen LogP contribution in [0.5, 0.6) is 0 Å². The molecule has 0 aliphatic rings. The number of carbonyl (C=O) groups excluding carboxylic acids is 1. The number of aromatic nitrogens is 2. The molecule has 3 aromatic carbocycles. The molecule has 4 rings (SSSR count). The Morgan fingerprint density at radius 1 is 1.09 bits per heavy atom. The number of nitrogens with zero attached hydrogens (tertiary/aromatic N) is 3. The van der Waals surface area contributed by atoms with E-state index in [0.717, 1.165) is 32.3 Å². The van der Waals surface area contributed by atoms with E-state index in [-0.39, 0.29) is 6.61 Å². The lowest BCUT2D eigenvalue weighted by molar-refractivity contribution is 0.0597. The fraction of sp³-hybridized carbons (Fsp3) is 0.115. The fourth-order valence-electron chi connectivity index (χ4n) is 3.35. The first-order chi connectivity index (χ1) is 17.0. The number of hydrogen-bond acceptors (Lipinski definition) is 6. The van der Waals surface area contributed by atoms with Crippen LogP contribution in [0.1, 0.15) is 21.5 Å². The summed E-state index contributed by atoms with van der Waals surface area (Å²) in [6.07, 6.45) is 1.63. The number of ether oxygens (including phenoxy) is 1. The Morgan fingerprint density at radius 3 is 2.57 bits per heavy atom. The summed E-state index contributed by atoms with van der Waals surface area (Å²) in [6, 6.07) is 22.3. The molecule has 0 fully saturated rings. The molecule has 0 unspecified atom stereocenters. The quantitative estimate of drug-likeness (QED) is 0.142. The highest BCUT2D eigenvalue weighted by Gasteiger charge is 2.20. The van der Waals surface area contributed by atoms with Crippen molar-refractivity contribution < 1.29 is 14.4 Å². The molecule has 9 heteroatoms. The average Bonchev–Trinajstić information content (AvgIpc) is 3.18. The van der Waals surface area contributed by atoms with Crippen LogP contribution in [0.4, 0.5) is 0 Å². The minimum atomic E-state index is -0.406. The van der Waals surface area contributed by atoms with Crippen molar-refractivity contribution >= 4 is 47.1 Å². The van der Waals surface area contributed by atoms with Crippen molar-refractivity contribution in [3.8, 4) is 11.3 Å². The number of rotatable bonds is 8. The Labute approximate surface area is 217 Å². The van der Waals surface area contributed by atoms with Crippen LogP contribution in [0, 0.1) is 0 Å². The summed E-state index contributed by atoms with van der Waals surface area (Å²) in [7, 11) is 3.21. The zero-order valence-electron chi connectivity index (χ0n) is 18.9. The molecule has 6 nitrogen and oxygen atoms in total. The van der Waals surface area contributed by atoms with Crippen molar-refractivity contribution in [2.75, 3.05) is 7.11 Å². The number of methoxy groups -OCH3 is 1. The van der Waals surface area contributed by atoms with Gasteiger partial charge in [-0.3, -0.25) is 4.68 Å². The maximum Gasteiger partial charge on any atom is 0.339 e. The SMILES string of the molecule is COC(=O)c1ccccc1Sc1c(/C=N\OCc2ccc(Cl)cc2Cl)c(-c2ccccc2)nn1C. The fourth-order valence-corrected chi connectivity index (χ4v) is 4.86. The molecule has 0 radical (unpaired) electrons. The van der Waals surface area contributed by atoms with E-state index in [4.69, 9.17) is 37.9 Å². The lowest BCUT2D eigenvalue weighted by Gasteiger charge is -2.08. The van der Waals surface area contributed by atoms with E-state index in [1.807, 2.05) is 49.5 Å². The highest BCUT2D eigenvalue weighted by molar-refractivity contribution is 7.99. The summed E-state index contributed by atoms with van der Waals surface area (Å²) in [4.78, 5) is 18.6. The molecule has 0 atom stereocenters. The largest absolute Gasteiger partial charge is 0.465 e. The van der Waals surface area contributed by atoms with Gasteiger partial charge in [-0.15, -0.1) is 0 Å². The van der Waals surface area contributed by atoms with Crippen molar-refractivity contribution in [1.82, 2.24) is 9.78 Å². The molecule has 35 heavy (non-hydrogen) atoms. The number of carbonyl (C=O) groups is 1. The molecule has 4 aromatic rings. The van der Waals surface area contributed by atoms with Gasteiger partial charge in [0.25, 0.3) is 0 Å². The monoisotopic (exact) mass is 525 g/mol. The number of oxime groups is 1. The van der Waals surface area contributed by atoms with Crippen LogP contribution in [0.3, 0.4) is 0 Å². The minimum absolute atomic E-state index is 0.182. The zero-order chi connectivity index (χ0) is 24.8. The van der Waals surface area contributed by atoms with Crippen LogP contribution in [0.15, 0.2) is 87.9 Å². The van der Waals surface area contributed by atoms with Gasteiger partial charge in [0.1, 0.15) is 17.3 Å². The summed E-state index contributed by atoms with van der Waals surface area (Å²) < 4.78 is 6.71. The van der Waals surface area contributed by atoms with Crippen molar-refractivity contribution in [2.24, 2.45) is 12.2 Å². The maximum atomic E-state index is 12.3. The molecule has 0 aliphatic carbocycles. The summed E-state index contributed by atoms with van der Waals surface area (Å²) in [5, 5.41) is 10.8. The Bertz CT molecular complexity index is 1370. The van der Waals surface area contributed by atoms with Gasteiger partial charge in [-0.1, -0.05) is 88.7 Å². The van der Waals surface area contributed by atoms with E-state index in [0.29, 0.717) is 15.6 Å². The Kier molecular flexibility index (Phi) is 8.13. The molecule has 0 bridgehead atoms. The summed E-state index contributed by atoms with van der Waals surface area (Å²) in [5.74, 6) is -0.406. The second-order valence-corrected chi connectivity index (χ2v) is 9.26. The third-order valence-corrected chi connectivity index (χ3v) is 6.91. The van der Waals surface area contributed by atoms with Gasteiger partial charge in [-0.2, -0.15) is 5.10 Å². The third kappa shape index (κ3) is 5.88. The molecule has 0 aliphatic heterocycles. The predicted octanol–water partition coefficient (Wildman–Crippen LogP) is 6.88. The molecule has 0 N–H and O–H groups in total. The molecule has 0 amide bonds. The van der Waals surface area contributed by atoms with Gasteiger partial charge in [0.15, 0.2) is 0 Å². The number of aryl methyl sites for hydroxylation is 1. The topological polar surface area (TPSA) is 65.7 Å². The minimum Gasteiger partial charge on any atom is -0.465 e. The zero-order valence-corrected chi connectivity index (χ0v) is 21.3. The van der Waals surface area contributed by atoms with Crippen molar-refractivity contribution in [3.05, 3.63) is 99.5 Å². The van der Waals surface area contributed by atoms with Gasteiger partial charge in [-0.05, 0) is 24.3 Å². The summed E-state index contributed by atoms with van der Waals surface area (Å²) in [6.45, 7) is 0.182. The smallest absolute Gasteiger partial charge is 0.339 e. The molecule has 178 valence electrons. The van der Waals surface area contributed by atoms with Crippen LogP contribution in [0.2, 0.25) is 10.0 Å². The standard InChI is InChI=1S/C26H21Cl2N3O3S/c1-31-25(35-23-11-7-6-10-20(23)26(32)33-2)21(24(30-31)17-8-4-3-5-9-17)15-29-34-16-18-12-13-19(27)14-22(18)28/h3-15H,16H2,1-2H3/b29-15-. The number of esters is 1. The van der Waals surface area contributed by atoms with Crippen LogP contribution < -0.4 is 0 Å². The van der Waals surface area contributed by atoms with E-state index in [2.05, 4.69) is 5.16 Å². The molecule has 0 saturated heterocycles. The molecule has 1 aromatic heterocycles. The van der Waals surface area contributed by atoms with Crippen LogP contribution in [-0.4, -0.2) is 29.1 Å². The Morgan fingerprint density at radius 2 is 1.83 bits per heavy atom. The predicted molar refractivity (Wildman–Crippen MR) is 139 cm³/mol. The molecule has 1 heterocycles. The van der Waals surface area contributed by atoms with E-state index in [1.165, 1.54) is 18.9 Å². The van der Waals surface area contributed by atoms with Gasteiger partial charge >= 0.3 is 5.97 Å². The van der Waals surface area contributed by atoms with E-state index < -0.39 is 5.97 Å². The highest BCUT2D eigenvalue weighted by Crippen LogP contribution is 2.36. The average molecular weight is 526 g/mol. The summed E-state index contributed by atoms with van der Waals surface area (Å²) in [5.41, 5.74) is 3.66. The first kappa shape index (κ1) is 24.9. The Balaban J connectivity index is 1.68. The van der Waals surface area contributed by atoms with Crippen molar-refractivity contribution in [1.29, 1.82) is 0 Å². The Hall–Kier alpha value is -3.26. The van der Waals surface area contributed by atoms with E-state index in [1.54, 1.807) is 41.2 Å². The van der Waals surface area contributed by atoms with Crippen LogP contribution in [0.25, 0.3) is 11.3 Å². The lowest BCUT2D eigenvalue weighted by Crippen LogP contribution is -2.03. The number of hydrogen-bond donors (Lipinski definition) is 0. The number of benzene rings is 3. The van der Waals surface area contributed by atoms with Crippen molar-refractivity contribution in [3.63, 3.8) is 0 Å². The van der Waals surface area contributed by atoms with E-state index >= 15 is 0 Å². The molecular formula is C26H21Cl2N3O3S. The van der Waals surface area contributed by atoms with Crippen LogP contribution in [-0.2, 0) is 23.2 Å². The maximum absolute atomic E-state index is 12.3. The normalized spacial score (nSPS) is 11.1. The first-order valence-corrected chi connectivity index (χ1v) is 12.1. The highest BCUT2D eigenvalue weighted by atomic mass is 35.5. The number of halogens is 2. The van der Waals surface area contributed by atoms with Gasteiger partial charge in [0.05, 0.1) is 24.5 Å². The van der Waals surface area contributed by atoms with Crippen LogP contribution >= 0.6 is 35.0 Å². The third-order valence-electron chi connectivity index (χ3n) is 5.07. The van der Waals surface area contributed by atoms with Gasteiger partial charge in [0.2, 0.25) is 0 Å². The lowest BCUT2D eigenvalue weighted by atomic mass is 10.1. The molecule has 0 saturated carbocycles. The molecular weight excluding hydrogens is 505 g/mol. The van der Waals surface area contributed by atoms with Gasteiger partial charge in [-0.25, -0.2) is 4.79 Å². The van der Waals surface area contributed by atoms with Gasteiger partial charge in [0, 0.05) is 33.1 Å².